The molecule has 1 heterocycles. The van der Waals surface area contributed by atoms with E-state index in [2.05, 4.69) is 17.5 Å². The van der Waals surface area contributed by atoms with Crippen LogP contribution in [0.15, 0.2) is 12.2 Å². The summed E-state index contributed by atoms with van der Waals surface area (Å²) in [5, 5.41) is 3.02. The number of carbonyl (C=O) groups excluding carboxylic acids is 1. The highest BCUT2D eigenvalue weighted by Crippen LogP contribution is 2.06. The van der Waals surface area contributed by atoms with Crippen LogP contribution in [0.25, 0.3) is 0 Å². The Kier molecular flexibility index (Phi) is 3.96. The summed E-state index contributed by atoms with van der Waals surface area (Å²) in [6.45, 7) is 4.40. The van der Waals surface area contributed by atoms with Crippen molar-refractivity contribution in [3.8, 4) is 0 Å². The van der Waals surface area contributed by atoms with Crippen molar-refractivity contribution in [2.24, 2.45) is 5.92 Å². The Bertz CT molecular complexity index is 201. The zero-order chi connectivity index (χ0) is 9.68. The summed E-state index contributed by atoms with van der Waals surface area (Å²) in [5.74, 6) is 0.357. The third-order valence-corrected chi connectivity index (χ3v) is 2.30. The third-order valence-electron chi connectivity index (χ3n) is 2.30. The van der Waals surface area contributed by atoms with E-state index in [0.29, 0.717) is 0 Å². The van der Waals surface area contributed by atoms with E-state index in [1.54, 1.807) is 0 Å². The van der Waals surface area contributed by atoms with Gasteiger partial charge in [0, 0.05) is 25.6 Å². The molecular weight excluding hydrogens is 164 g/mol. The summed E-state index contributed by atoms with van der Waals surface area (Å²) in [4.78, 5) is 13.7. The smallest absolute Gasteiger partial charge is 0.226 e. The summed E-state index contributed by atoms with van der Waals surface area (Å²) in [5.41, 5.74) is 0. The molecule has 1 atom stereocenters. The van der Waals surface area contributed by atoms with E-state index < -0.39 is 0 Å². The highest BCUT2D eigenvalue weighted by atomic mass is 16.2. The van der Waals surface area contributed by atoms with E-state index in [0.717, 1.165) is 26.1 Å². The van der Waals surface area contributed by atoms with Gasteiger partial charge < -0.3 is 10.2 Å². The maximum atomic E-state index is 11.7. The van der Waals surface area contributed by atoms with Crippen LogP contribution in [0.4, 0.5) is 0 Å². The molecule has 0 saturated heterocycles. The van der Waals surface area contributed by atoms with E-state index in [-0.39, 0.29) is 11.8 Å². The van der Waals surface area contributed by atoms with Gasteiger partial charge in [0.05, 0.1) is 0 Å². The Balaban J connectivity index is 2.41. The number of carbonyl (C=O) groups is 1. The van der Waals surface area contributed by atoms with Gasteiger partial charge >= 0.3 is 0 Å². The van der Waals surface area contributed by atoms with Crippen LogP contribution in [0.2, 0.25) is 0 Å². The average molecular weight is 182 g/mol. The lowest BCUT2D eigenvalue weighted by Crippen LogP contribution is -2.40. The normalized spacial score (nSPS) is 18.8. The zero-order valence-corrected chi connectivity index (χ0v) is 8.42. The van der Waals surface area contributed by atoms with Crippen LogP contribution in [0.1, 0.15) is 13.3 Å². The predicted molar refractivity (Wildman–Crippen MR) is 53.4 cm³/mol. The molecule has 0 aromatic rings. The second kappa shape index (κ2) is 5.02. The van der Waals surface area contributed by atoms with Gasteiger partial charge in [-0.15, -0.1) is 0 Å². The monoisotopic (exact) mass is 182 g/mol. The fraction of sp³-hybridized carbons (Fsp3) is 0.700. The fourth-order valence-electron chi connectivity index (χ4n) is 1.55. The number of nitrogens with zero attached hydrogens (tertiary/aromatic N) is 1. The van der Waals surface area contributed by atoms with Crippen LogP contribution in [0.3, 0.4) is 0 Å². The average Bonchev–Trinajstić information content (AvgIpc) is 2.18. The molecular formula is C10H18N2O. The van der Waals surface area contributed by atoms with Crippen LogP contribution in [-0.4, -0.2) is 37.5 Å². The molecule has 0 spiro atoms. The van der Waals surface area contributed by atoms with Crippen molar-refractivity contribution in [2.45, 2.75) is 13.3 Å². The predicted octanol–water partition coefficient (Wildman–Crippen LogP) is 0.630. The first-order valence-electron chi connectivity index (χ1n) is 4.84. The molecule has 1 unspecified atom stereocenters. The molecule has 1 aliphatic rings. The Morgan fingerprint density at radius 1 is 1.62 bits per heavy atom. The Morgan fingerprint density at radius 3 is 2.92 bits per heavy atom. The number of amides is 1. The van der Waals surface area contributed by atoms with Crippen molar-refractivity contribution in [2.75, 3.05) is 26.7 Å². The Labute approximate surface area is 79.8 Å². The molecule has 1 aliphatic heterocycles. The lowest BCUT2D eigenvalue weighted by molar-refractivity contribution is -0.134. The second-order valence-electron chi connectivity index (χ2n) is 3.50. The molecule has 0 fully saturated rings. The topological polar surface area (TPSA) is 32.3 Å². The largest absolute Gasteiger partial charge is 0.338 e. The van der Waals surface area contributed by atoms with Crippen molar-refractivity contribution in [1.82, 2.24) is 10.2 Å². The van der Waals surface area contributed by atoms with Crippen molar-refractivity contribution < 1.29 is 4.79 Å². The van der Waals surface area contributed by atoms with Gasteiger partial charge in [-0.2, -0.15) is 0 Å². The van der Waals surface area contributed by atoms with Crippen molar-refractivity contribution in [1.29, 1.82) is 0 Å². The molecule has 3 heteroatoms. The molecule has 3 nitrogen and oxygen atoms in total. The second-order valence-corrected chi connectivity index (χ2v) is 3.50. The van der Waals surface area contributed by atoms with Crippen LogP contribution < -0.4 is 5.32 Å². The first-order chi connectivity index (χ1) is 6.25. The summed E-state index contributed by atoms with van der Waals surface area (Å²) >= 11 is 0. The van der Waals surface area contributed by atoms with Crippen molar-refractivity contribution in [3.05, 3.63) is 12.2 Å². The molecule has 0 bridgehead atoms. The SMILES string of the molecule is CNCC(C)C(=O)N1CC=CCC1. The minimum absolute atomic E-state index is 0.0940. The van der Waals surface area contributed by atoms with E-state index in [1.807, 2.05) is 18.9 Å². The zero-order valence-electron chi connectivity index (χ0n) is 8.42. The fourth-order valence-corrected chi connectivity index (χ4v) is 1.55. The van der Waals surface area contributed by atoms with E-state index in [4.69, 9.17) is 0 Å². The highest BCUT2D eigenvalue weighted by Gasteiger charge is 2.19. The summed E-state index contributed by atoms with van der Waals surface area (Å²) in [6.07, 6.45) is 5.19. The lowest BCUT2D eigenvalue weighted by atomic mass is 10.1. The van der Waals surface area contributed by atoms with Crippen LogP contribution >= 0.6 is 0 Å². The molecule has 0 radical (unpaired) electrons. The molecule has 0 aromatic heterocycles. The van der Waals surface area contributed by atoms with Gasteiger partial charge in [0.2, 0.25) is 5.91 Å². The molecule has 0 aliphatic carbocycles. The molecule has 74 valence electrons. The number of rotatable bonds is 3. The number of hydrogen-bond acceptors (Lipinski definition) is 2. The minimum Gasteiger partial charge on any atom is -0.338 e. The standard InChI is InChI=1S/C10H18N2O/c1-9(8-11-2)10(13)12-6-4-3-5-7-12/h3-4,9,11H,5-8H2,1-2H3. The third kappa shape index (κ3) is 2.84. The van der Waals surface area contributed by atoms with Gasteiger partial charge in [0.25, 0.3) is 0 Å². The summed E-state index contributed by atoms with van der Waals surface area (Å²) in [7, 11) is 1.87. The molecule has 1 rings (SSSR count). The first-order valence-corrected chi connectivity index (χ1v) is 4.84. The maximum absolute atomic E-state index is 11.7. The van der Waals surface area contributed by atoms with Gasteiger partial charge in [0.1, 0.15) is 0 Å². The van der Waals surface area contributed by atoms with Crippen molar-refractivity contribution >= 4 is 5.91 Å². The number of nitrogens with one attached hydrogen (secondary N) is 1. The highest BCUT2D eigenvalue weighted by molar-refractivity contribution is 5.79. The van der Waals surface area contributed by atoms with E-state index in [1.165, 1.54) is 0 Å². The van der Waals surface area contributed by atoms with E-state index >= 15 is 0 Å². The van der Waals surface area contributed by atoms with Gasteiger partial charge in [0.15, 0.2) is 0 Å². The van der Waals surface area contributed by atoms with Gasteiger partial charge in [-0.1, -0.05) is 19.1 Å². The number of hydrogen-bond donors (Lipinski definition) is 1. The molecule has 1 amide bonds. The van der Waals surface area contributed by atoms with Crippen LogP contribution in [0, 0.1) is 5.92 Å². The van der Waals surface area contributed by atoms with Crippen LogP contribution in [-0.2, 0) is 4.79 Å². The van der Waals surface area contributed by atoms with E-state index in [9.17, 15) is 4.79 Å². The molecule has 0 aromatic carbocycles. The van der Waals surface area contributed by atoms with Gasteiger partial charge in [-0.3, -0.25) is 4.79 Å². The molecule has 1 N–H and O–H groups in total. The Hall–Kier alpha value is -0.830. The summed E-state index contributed by atoms with van der Waals surface area (Å²) < 4.78 is 0. The quantitative estimate of drug-likeness (QED) is 0.649. The lowest BCUT2D eigenvalue weighted by Gasteiger charge is -2.26. The Morgan fingerprint density at radius 2 is 2.38 bits per heavy atom. The van der Waals surface area contributed by atoms with Gasteiger partial charge in [-0.05, 0) is 13.5 Å². The summed E-state index contributed by atoms with van der Waals surface area (Å²) in [6, 6.07) is 0. The van der Waals surface area contributed by atoms with Gasteiger partial charge in [-0.25, -0.2) is 0 Å². The van der Waals surface area contributed by atoms with Crippen molar-refractivity contribution in [3.63, 3.8) is 0 Å². The maximum Gasteiger partial charge on any atom is 0.226 e. The molecule has 0 saturated carbocycles. The van der Waals surface area contributed by atoms with Crippen LogP contribution in [0.5, 0.6) is 0 Å². The minimum atomic E-state index is 0.0940. The molecule has 13 heavy (non-hydrogen) atoms. The first kappa shape index (κ1) is 10.3.